The molecule has 1 aliphatic rings. The van der Waals surface area contributed by atoms with Crippen LogP contribution >= 0.6 is 0 Å². The fourth-order valence-corrected chi connectivity index (χ4v) is 4.70. The molecule has 0 radical (unpaired) electrons. The number of ether oxygens (including phenoxy) is 1. The van der Waals surface area contributed by atoms with Crippen LogP contribution in [0.3, 0.4) is 0 Å². The molecule has 1 heterocycles. The monoisotopic (exact) mass is 497 g/mol. The Morgan fingerprint density at radius 3 is 2.24 bits per heavy atom. The number of amides is 1. The number of aliphatic hydroxyl groups excluding tert-OH is 1. The number of Topliss-reactive ketones (excluding diaryl/α,β-unsaturated/α-hetero) is 1. The highest BCUT2D eigenvalue weighted by Gasteiger charge is 2.47. The van der Waals surface area contributed by atoms with Crippen molar-refractivity contribution in [2.45, 2.75) is 65.5 Å². The standard InChI is InChI=1S/C32H35NO4/c1-5-7-9-23-14-18-26(19-15-23)33-29(24-16-12-22(6-2)13-17-24)28(31(35)32(33)36)30(34)25-10-8-11-27(20-25)37-21(3)4/h8,10-21,29,34H,5-7,9H2,1-4H3/b30-28-. The van der Waals surface area contributed by atoms with Crippen LogP contribution in [0.5, 0.6) is 5.75 Å². The fraction of sp³-hybridized carbons (Fsp3) is 0.312. The highest BCUT2D eigenvalue weighted by Crippen LogP contribution is 2.42. The van der Waals surface area contributed by atoms with Crippen LogP contribution in [0.25, 0.3) is 5.76 Å². The van der Waals surface area contributed by atoms with Gasteiger partial charge in [0.25, 0.3) is 11.7 Å². The van der Waals surface area contributed by atoms with Crippen molar-refractivity contribution in [2.24, 2.45) is 0 Å². The molecule has 1 N–H and O–H groups in total. The van der Waals surface area contributed by atoms with Crippen molar-refractivity contribution < 1.29 is 19.4 Å². The molecule has 1 aliphatic heterocycles. The zero-order valence-electron chi connectivity index (χ0n) is 22.0. The number of rotatable bonds is 9. The van der Waals surface area contributed by atoms with Gasteiger partial charge >= 0.3 is 0 Å². The molecule has 0 saturated carbocycles. The first-order chi connectivity index (χ1) is 17.8. The van der Waals surface area contributed by atoms with E-state index in [4.69, 9.17) is 4.74 Å². The minimum Gasteiger partial charge on any atom is -0.507 e. The third kappa shape index (κ3) is 5.61. The van der Waals surface area contributed by atoms with Crippen molar-refractivity contribution in [3.8, 4) is 5.75 Å². The first kappa shape index (κ1) is 26.2. The second kappa shape index (κ2) is 11.5. The molecule has 0 bridgehead atoms. The number of carbonyl (C=O) groups excluding carboxylic acids is 2. The molecule has 1 saturated heterocycles. The molecule has 5 heteroatoms. The van der Waals surface area contributed by atoms with Crippen molar-refractivity contribution in [1.29, 1.82) is 0 Å². The molecule has 37 heavy (non-hydrogen) atoms. The summed E-state index contributed by atoms with van der Waals surface area (Å²) >= 11 is 0. The maximum absolute atomic E-state index is 13.4. The lowest BCUT2D eigenvalue weighted by Crippen LogP contribution is -2.29. The first-order valence-corrected chi connectivity index (χ1v) is 13.1. The number of hydrogen-bond acceptors (Lipinski definition) is 4. The van der Waals surface area contributed by atoms with Crippen LogP contribution in [0.1, 0.15) is 68.8 Å². The van der Waals surface area contributed by atoms with Gasteiger partial charge in [-0.15, -0.1) is 0 Å². The number of nitrogens with zero attached hydrogens (tertiary/aromatic N) is 1. The quantitative estimate of drug-likeness (QED) is 0.196. The van der Waals surface area contributed by atoms with Crippen LogP contribution in [0.15, 0.2) is 78.4 Å². The summed E-state index contributed by atoms with van der Waals surface area (Å²) in [5.41, 5.74) is 4.24. The van der Waals surface area contributed by atoms with Gasteiger partial charge in [0.15, 0.2) is 0 Å². The average molecular weight is 498 g/mol. The van der Waals surface area contributed by atoms with Gasteiger partial charge in [0.1, 0.15) is 11.5 Å². The third-order valence-corrected chi connectivity index (χ3v) is 6.66. The molecule has 1 unspecified atom stereocenters. The molecule has 5 nitrogen and oxygen atoms in total. The molecule has 0 aliphatic carbocycles. The van der Waals surface area contributed by atoms with Gasteiger partial charge in [-0.05, 0) is 74.1 Å². The number of anilines is 1. The average Bonchev–Trinajstić information content (AvgIpc) is 3.17. The molecule has 3 aromatic rings. The minimum absolute atomic E-state index is 0.0413. The smallest absolute Gasteiger partial charge is 0.300 e. The molecule has 192 valence electrons. The van der Waals surface area contributed by atoms with E-state index in [-0.39, 0.29) is 17.4 Å². The molecule has 0 aromatic heterocycles. The Labute approximate surface area is 219 Å². The fourth-order valence-electron chi connectivity index (χ4n) is 4.70. The van der Waals surface area contributed by atoms with Gasteiger partial charge < -0.3 is 9.84 Å². The van der Waals surface area contributed by atoms with E-state index in [2.05, 4.69) is 13.8 Å². The summed E-state index contributed by atoms with van der Waals surface area (Å²) < 4.78 is 5.79. The van der Waals surface area contributed by atoms with Crippen LogP contribution < -0.4 is 9.64 Å². The molecular formula is C32H35NO4. The van der Waals surface area contributed by atoms with E-state index in [0.29, 0.717) is 17.0 Å². The first-order valence-electron chi connectivity index (χ1n) is 13.1. The van der Waals surface area contributed by atoms with Gasteiger partial charge in [-0.25, -0.2) is 0 Å². The largest absolute Gasteiger partial charge is 0.507 e. The summed E-state index contributed by atoms with van der Waals surface area (Å²) in [6.07, 6.45) is 4.00. The summed E-state index contributed by atoms with van der Waals surface area (Å²) in [7, 11) is 0. The Morgan fingerprint density at radius 1 is 0.946 bits per heavy atom. The number of carbonyl (C=O) groups is 2. The van der Waals surface area contributed by atoms with E-state index in [1.165, 1.54) is 10.5 Å². The van der Waals surface area contributed by atoms with Crippen LogP contribution in [0, 0.1) is 0 Å². The lowest BCUT2D eigenvalue weighted by Gasteiger charge is -2.26. The second-order valence-corrected chi connectivity index (χ2v) is 9.73. The minimum atomic E-state index is -0.748. The Kier molecular flexibility index (Phi) is 8.12. The molecule has 1 atom stereocenters. The Balaban J connectivity index is 1.83. The number of benzene rings is 3. The molecule has 1 fully saturated rings. The van der Waals surface area contributed by atoms with Gasteiger partial charge in [-0.2, -0.15) is 0 Å². The highest BCUT2D eigenvalue weighted by atomic mass is 16.5. The number of ketones is 1. The number of unbranched alkanes of at least 4 members (excludes halogenated alkanes) is 1. The molecule has 1 amide bonds. The molecule has 3 aromatic carbocycles. The Morgan fingerprint density at radius 2 is 1.62 bits per heavy atom. The summed E-state index contributed by atoms with van der Waals surface area (Å²) in [5, 5.41) is 11.4. The van der Waals surface area contributed by atoms with Crippen molar-refractivity contribution >= 4 is 23.1 Å². The van der Waals surface area contributed by atoms with Crippen LogP contribution in [-0.2, 0) is 22.4 Å². The Hall–Kier alpha value is -3.86. The molecule has 4 rings (SSSR count). The topological polar surface area (TPSA) is 66.8 Å². The van der Waals surface area contributed by atoms with E-state index >= 15 is 0 Å². The van der Waals surface area contributed by atoms with Gasteiger partial charge in [0.05, 0.1) is 17.7 Å². The van der Waals surface area contributed by atoms with Gasteiger partial charge in [-0.1, -0.05) is 68.8 Å². The van der Waals surface area contributed by atoms with Crippen LogP contribution in [-0.4, -0.2) is 22.9 Å². The number of aliphatic hydroxyl groups is 1. The van der Waals surface area contributed by atoms with Crippen LogP contribution in [0.4, 0.5) is 5.69 Å². The maximum atomic E-state index is 13.4. The van der Waals surface area contributed by atoms with E-state index in [1.807, 2.05) is 62.4 Å². The predicted octanol–water partition coefficient (Wildman–Crippen LogP) is 7.01. The lowest BCUT2D eigenvalue weighted by molar-refractivity contribution is -0.132. The van der Waals surface area contributed by atoms with Crippen molar-refractivity contribution in [1.82, 2.24) is 0 Å². The van der Waals surface area contributed by atoms with E-state index in [0.717, 1.165) is 36.8 Å². The second-order valence-electron chi connectivity index (χ2n) is 9.73. The summed E-state index contributed by atoms with van der Waals surface area (Å²) in [4.78, 5) is 28.4. The van der Waals surface area contributed by atoms with Crippen molar-refractivity contribution in [2.75, 3.05) is 4.90 Å². The van der Waals surface area contributed by atoms with Gasteiger partial charge in [0.2, 0.25) is 0 Å². The van der Waals surface area contributed by atoms with Gasteiger partial charge in [0, 0.05) is 11.3 Å². The zero-order valence-corrected chi connectivity index (χ0v) is 22.0. The number of hydrogen-bond donors (Lipinski definition) is 1. The van der Waals surface area contributed by atoms with Gasteiger partial charge in [-0.3, -0.25) is 14.5 Å². The van der Waals surface area contributed by atoms with E-state index in [9.17, 15) is 14.7 Å². The Bertz CT molecular complexity index is 1290. The van der Waals surface area contributed by atoms with Crippen molar-refractivity contribution in [3.05, 3.63) is 101 Å². The number of aryl methyl sites for hydroxylation is 2. The summed E-state index contributed by atoms with van der Waals surface area (Å²) in [6, 6.07) is 21.9. The van der Waals surface area contributed by atoms with Crippen LogP contribution in [0.2, 0.25) is 0 Å². The van der Waals surface area contributed by atoms with E-state index in [1.54, 1.807) is 24.3 Å². The lowest BCUT2D eigenvalue weighted by atomic mass is 9.94. The summed E-state index contributed by atoms with van der Waals surface area (Å²) in [5.74, 6) is -0.978. The molecule has 0 spiro atoms. The SMILES string of the molecule is CCCCc1ccc(N2C(=O)C(=O)/C(=C(\O)c3cccc(OC(C)C)c3)C2c2ccc(CC)cc2)cc1. The third-order valence-electron chi connectivity index (χ3n) is 6.66. The predicted molar refractivity (Wildman–Crippen MR) is 148 cm³/mol. The normalized spacial score (nSPS) is 17.0. The molecular weight excluding hydrogens is 462 g/mol. The summed E-state index contributed by atoms with van der Waals surface area (Å²) in [6.45, 7) is 8.08. The zero-order chi connectivity index (χ0) is 26.5. The highest BCUT2D eigenvalue weighted by molar-refractivity contribution is 6.51. The van der Waals surface area contributed by atoms with E-state index < -0.39 is 17.7 Å². The maximum Gasteiger partial charge on any atom is 0.300 e. The van der Waals surface area contributed by atoms with Crippen molar-refractivity contribution in [3.63, 3.8) is 0 Å².